The first-order chi connectivity index (χ1) is 8.60. The van der Waals surface area contributed by atoms with Gasteiger partial charge in [-0.05, 0) is 27.2 Å². The lowest BCUT2D eigenvalue weighted by atomic mass is 10.3. The first-order valence-electron chi connectivity index (χ1n) is 6.91. The van der Waals surface area contributed by atoms with E-state index in [2.05, 4.69) is 27.9 Å². The van der Waals surface area contributed by atoms with Gasteiger partial charge < -0.3 is 16.0 Å². The van der Waals surface area contributed by atoms with Gasteiger partial charge in [0.15, 0.2) is 5.96 Å². The molecule has 0 rings (SSSR count). The van der Waals surface area contributed by atoms with Crippen LogP contribution in [-0.4, -0.2) is 37.5 Å². The molecule has 5 heteroatoms. The summed E-state index contributed by atoms with van der Waals surface area (Å²) in [5, 5.41) is 9.19. The number of nitrogens with one attached hydrogen (secondary N) is 3. The van der Waals surface area contributed by atoms with Gasteiger partial charge in [0.05, 0.1) is 0 Å². The van der Waals surface area contributed by atoms with Crippen LogP contribution in [0.3, 0.4) is 0 Å². The Hall–Kier alpha value is -1.26. The largest absolute Gasteiger partial charge is 0.357 e. The third-order valence-corrected chi connectivity index (χ3v) is 2.22. The number of aliphatic imine (C=N–C) groups is 1. The van der Waals surface area contributed by atoms with Gasteiger partial charge in [-0.15, -0.1) is 0 Å². The summed E-state index contributed by atoms with van der Waals surface area (Å²) in [4.78, 5) is 15.9. The molecule has 0 radical (unpaired) electrons. The van der Waals surface area contributed by atoms with Crippen molar-refractivity contribution in [3.8, 4) is 0 Å². The molecule has 0 aromatic carbocycles. The van der Waals surface area contributed by atoms with Crippen molar-refractivity contribution >= 4 is 11.9 Å². The van der Waals surface area contributed by atoms with Crippen molar-refractivity contribution in [1.82, 2.24) is 16.0 Å². The van der Waals surface area contributed by atoms with Crippen molar-refractivity contribution in [3.63, 3.8) is 0 Å². The standard InChI is InChI=1S/C13H28N4O/c1-5-7-9-15-13(14-6-2)16-10-8-12(18)17-11(3)4/h11H,5-10H2,1-4H3,(H,17,18)(H2,14,15,16). The topological polar surface area (TPSA) is 65.5 Å². The zero-order chi connectivity index (χ0) is 13.8. The molecule has 3 N–H and O–H groups in total. The third-order valence-electron chi connectivity index (χ3n) is 2.22. The minimum atomic E-state index is 0.0712. The number of guanidine groups is 1. The Labute approximate surface area is 111 Å². The van der Waals surface area contributed by atoms with E-state index in [9.17, 15) is 4.79 Å². The number of hydrogen-bond acceptors (Lipinski definition) is 2. The molecular weight excluding hydrogens is 228 g/mol. The van der Waals surface area contributed by atoms with E-state index in [0.717, 1.165) is 31.9 Å². The van der Waals surface area contributed by atoms with Crippen molar-refractivity contribution < 1.29 is 4.79 Å². The molecule has 0 bridgehead atoms. The smallest absolute Gasteiger partial charge is 0.221 e. The molecule has 0 heterocycles. The molecule has 0 atom stereocenters. The van der Waals surface area contributed by atoms with Gasteiger partial charge in [-0.1, -0.05) is 13.3 Å². The number of carbonyl (C=O) groups is 1. The highest BCUT2D eigenvalue weighted by molar-refractivity contribution is 5.81. The molecule has 0 aliphatic heterocycles. The molecule has 0 aromatic rings. The molecule has 106 valence electrons. The van der Waals surface area contributed by atoms with Crippen LogP contribution in [-0.2, 0) is 4.79 Å². The fraction of sp³-hybridized carbons (Fsp3) is 0.846. The Bertz CT molecular complexity index is 251. The maximum absolute atomic E-state index is 11.4. The van der Waals surface area contributed by atoms with E-state index in [-0.39, 0.29) is 11.9 Å². The van der Waals surface area contributed by atoms with E-state index in [1.165, 1.54) is 0 Å². The van der Waals surface area contributed by atoms with Crippen molar-refractivity contribution in [2.75, 3.05) is 19.6 Å². The Kier molecular flexibility index (Phi) is 10.1. The highest BCUT2D eigenvalue weighted by atomic mass is 16.1. The second kappa shape index (κ2) is 10.9. The predicted molar refractivity (Wildman–Crippen MR) is 76.8 cm³/mol. The fourth-order valence-electron chi connectivity index (χ4n) is 1.38. The Morgan fingerprint density at radius 3 is 2.50 bits per heavy atom. The van der Waals surface area contributed by atoms with Crippen LogP contribution in [0.2, 0.25) is 0 Å². The number of amides is 1. The van der Waals surface area contributed by atoms with Crippen LogP contribution in [0.15, 0.2) is 4.99 Å². The van der Waals surface area contributed by atoms with Gasteiger partial charge in [0.25, 0.3) is 0 Å². The summed E-state index contributed by atoms with van der Waals surface area (Å²) in [6.45, 7) is 10.4. The Morgan fingerprint density at radius 1 is 1.22 bits per heavy atom. The second-order valence-corrected chi connectivity index (χ2v) is 4.51. The van der Waals surface area contributed by atoms with Crippen molar-refractivity contribution in [2.45, 2.75) is 53.0 Å². The molecule has 0 saturated carbocycles. The second-order valence-electron chi connectivity index (χ2n) is 4.51. The monoisotopic (exact) mass is 256 g/mol. The summed E-state index contributed by atoms with van der Waals surface area (Å²) < 4.78 is 0. The van der Waals surface area contributed by atoms with Crippen LogP contribution >= 0.6 is 0 Å². The van der Waals surface area contributed by atoms with Crippen molar-refractivity contribution in [3.05, 3.63) is 0 Å². The molecule has 0 spiro atoms. The van der Waals surface area contributed by atoms with E-state index in [1.54, 1.807) is 0 Å². The fourth-order valence-corrected chi connectivity index (χ4v) is 1.38. The number of nitrogens with zero attached hydrogens (tertiary/aromatic N) is 1. The van der Waals surface area contributed by atoms with E-state index in [1.807, 2.05) is 20.8 Å². The summed E-state index contributed by atoms with van der Waals surface area (Å²) in [5.74, 6) is 0.866. The zero-order valence-corrected chi connectivity index (χ0v) is 12.2. The summed E-state index contributed by atoms with van der Waals surface area (Å²) >= 11 is 0. The number of carbonyl (C=O) groups excluding carboxylic acids is 1. The van der Waals surface area contributed by atoms with E-state index >= 15 is 0 Å². The van der Waals surface area contributed by atoms with Gasteiger partial charge in [0.2, 0.25) is 5.91 Å². The zero-order valence-electron chi connectivity index (χ0n) is 12.2. The predicted octanol–water partition coefficient (Wildman–Crippen LogP) is 1.26. The van der Waals surface area contributed by atoms with Gasteiger partial charge in [-0.2, -0.15) is 0 Å². The van der Waals surface area contributed by atoms with Gasteiger partial charge >= 0.3 is 0 Å². The number of hydrogen-bond donors (Lipinski definition) is 3. The van der Waals surface area contributed by atoms with E-state index in [4.69, 9.17) is 0 Å². The molecule has 0 aromatic heterocycles. The lowest BCUT2D eigenvalue weighted by molar-refractivity contribution is -0.121. The highest BCUT2D eigenvalue weighted by Gasteiger charge is 2.03. The molecule has 0 fully saturated rings. The summed E-state index contributed by atoms with van der Waals surface area (Å²) in [6.07, 6.45) is 2.69. The molecule has 5 nitrogen and oxygen atoms in total. The molecule has 0 saturated heterocycles. The molecule has 1 amide bonds. The Balaban J connectivity index is 3.88. The third kappa shape index (κ3) is 9.93. The SMILES string of the molecule is CCCCN=C(NCC)NCCC(=O)NC(C)C. The van der Waals surface area contributed by atoms with E-state index in [0.29, 0.717) is 13.0 Å². The van der Waals surface area contributed by atoms with Gasteiger partial charge in [0.1, 0.15) is 0 Å². The molecule has 18 heavy (non-hydrogen) atoms. The maximum atomic E-state index is 11.4. The van der Waals surface area contributed by atoms with Gasteiger partial charge in [-0.25, -0.2) is 0 Å². The minimum Gasteiger partial charge on any atom is -0.357 e. The number of unbranched alkanes of at least 4 members (excludes halogenated alkanes) is 1. The van der Waals surface area contributed by atoms with Gasteiger partial charge in [0, 0.05) is 32.1 Å². The summed E-state index contributed by atoms with van der Waals surface area (Å²) in [6, 6.07) is 0.198. The number of rotatable bonds is 8. The Morgan fingerprint density at radius 2 is 1.94 bits per heavy atom. The minimum absolute atomic E-state index is 0.0712. The molecular formula is C13H28N4O. The van der Waals surface area contributed by atoms with Crippen molar-refractivity contribution in [2.24, 2.45) is 4.99 Å². The summed E-state index contributed by atoms with van der Waals surface area (Å²) in [5.41, 5.74) is 0. The maximum Gasteiger partial charge on any atom is 0.221 e. The first-order valence-corrected chi connectivity index (χ1v) is 6.91. The first kappa shape index (κ1) is 16.7. The lowest BCUT2D eigenvalue weighted by Gasteiger charge is -2.12. The van der Waals surface area contributed by atoms with E-state index < -0.39 is 0 Å². The molecule has 0 aliphatic rings. The summed E-state index contributed by atoms with van der Waals surface area (Å²) in [7, 11) is 0. The average molecular weight is 256 g/mol. The van der Waals surface area contributed by atoms with Gasteiger partial charge in [-0.3, -0.25) is 9.79 Å². The average Bonchev–Trinajstić information content (AvgIpc) is 2.28. The molecule has 0 aliphatic carbocycles. The van der Waals surface area contributed by atoms with Crippen LogP contribution in [0.1, 0.15) is 47.0 Å². The highest BCUT2D eigenvalue weighted by Crippen LogP contribution is 1.87. The van der Waals surface area contributed by atoms with Crippen LogP contribution in [0.25, 0.3) is 0 Å². The van der Waals surface area contributed by atoms with Crippen LogP contribution in [0.5, 0.6) is 0 Å². The van der Waals surface area contributed by atoms with Crippen molar-refractivity contribution in [1.29, 1.82) is 0 Å². The molecule has 0 unspecified atom stereocenters. The lowest BCUT2D eigenvalue weighted by Crippen LogP contribution is -2.40. The normalized spacial score (nSPS) is 11.5. The van der Waals surface area contributed by atoms with Crippen LogP contribution < -0.4 is 16.0 Å². The van der Waals surface area contributed by atoms with Crippen LogP contribution in [0.4, 0.5) is 0 Å². The quantitative estimate of drug-likeness (QED) is 0.348. The van der Waals surface area contributed by atoms with Crippen LogP contribution in [0, 0.1) is 0 Å².